The summed E-state index contributed by atoms with van der Waals surface area (Å²) in [5, 5.41) is 5.68. The summed E-state index contributed by atoms with van der Waals surface area (Å²) >= 11 is 7.84. The lowest BCUT2D eigenvalue weighted by Gasteiger charge is -2.18. The monoisotopic (exact) mass is 413 g/mol. The molecule has 0 bridgehead atoms. The minimum absolute atomic E-state index is 0.0583. The van der Waals surface area contributed by atoms with Gasteiger partial charge in [-0.05, 0) is 49.2 Å². The van der Waals surface area contributed by atoms with Crippen molar-refractivity contribution < 1.29 is 9.53 Å². The molecule has 2 aromatic carbocycles. The summed E-state index contributed by atoms with van der Waals surface area (Å²) in [6, 6.07) is 11.7. The zero-order valence-electron chi connectivity index (χ0n) is 15.7. The molecule has 0 aliphatic carbocycles. The van der Waals surface area contributed by atoms with Crippen LogP contribution in [-0.2, 0) is 11.3 Å². The fourth-order valence-electron chi connectivity index (χ4n) is 3.09. The van der Waals surface area contributed by atoms with E-state index in [9.17, 15) is 4.79 Å². The quantitative estimate of drug-likeness (QED) is 0.642. The number of rotatable bonds is 4. The fourth-order valence-corrected chi connectivity index (χ4v) is 4.22. The molecule has 0 radical (unpaired) electrons. The van der Waals surface area contributed by atoms with Gasteiger partial charge in [0.2, 0.25) is 0 Å². The normalized spacial score (nSPS) is 13.8. The number of hydrogen-bond donors (Lipinski definition) is 1. The lowest BCUT2D eigenvalue weighted by molar-refractivity contribution is -0.118. The van der Waals surface area contributed by atoms with Crippen LogP contribution in [-0.4, -0.2) is 17.1 Å². The van der Waals surface area contributed by atoms with Gasteiger partial charge in [-0.1, -0.05) is 24.6 Å². The van der Waals surface area contributed by atoms with Gasteiger partial charge in [-0.25, -0.2) is 4.99 Å². The van der Waals surface area contributed by atoms with E-state index in [0.29, 0.717) is 16.5 Å². The van der Waals surface area contributed by atoms with Gasteiger partial charge in [-0.15, -0.1) is 11.3 Å². The molecule has 3 aromatic rings. The van der Waals surface area contributed by atoms with Crippen molar-refractivity contribution in [1.29, 1.82) is 0 Å². The minimum Gasteiger partial charge on any atom is -0.482 e. The maximum atomic E-state index is 11.6. The second kappa shape index (κ2) is 7.81. The number of thiazole rings is 1. The van der Waals surface area contributed by atoms with Gasteiger partial charge in [0.25, 0.3) is 5.91 Å². The Kier molecular flexibility index (Phi) is 5.24. The highest BCUT2D eigenvalue weighted by molar-refractivity contribution is 7.07. The summed E-state index contributed by atoms with van der Waals surface area (Å²) in [6.45, 7) is 5.02. The summed E-state index contributed by atoms with van der Waals surface area (Å²) < 4.78 is 7.66. The number of amides is 1. The Bertz CT molecular complexity index is 1120. The molecule has 0 atom stereocenters. The number of nitrogens with one attached hydrogen (secondary N) is 1. The van der Waals surface area contributed by atoms with Crippen LogP contribution < -0.4 is 14.9 Å². The number of halogens is 1. The molecule has 0 saturated carbocycles. The molecule has 2 heterocycles. The molecular weight excluding hydrogens is 394 g/mol. The van der Waals surface area contributed by atoms with E-state index >= 15 is 0 Å². The molecule has 4 rings (SSSR count). The Morgan fingerprint density at radius 2 is 2.14 bits per heavy atom. The number of aryl methyl sites for hydroxylation is 1. The highest BCUT2D eigenvalue weighted by Gasteiger charge is 2.17. The van der Waals surface area contributed by atoms with Crippen LogP contribution in [0.4, 0.5) is 11.4 Å². The molecule has 1 aliphatic rings. The Morgan fingerprint density at radius 1 is 1.29 bits per heavy atom. The van der Waals surface area contributed by atoms with Gasteiger partial charge in [-0.3, -0.25) is 4.79 Å². The molecule has 1 N–H and O–H groups in total. The van der Waals surface area contributed by atoms with Crippen LogP contribution in [0.3, 0.4) is 0 Å². The van der Waals surface area contributed by atoms with E-state index in [4.69, 9.17) is 21.3 Å². The average molecular weight is 414 g/mol. The third-order valence-electron chi connectivity index (χ3n) is 4.53. The van der Waals surface area contributed by atoms with Gasteiger partial charge in [0.15, 0.2) is 11.4 Å². The topological polar surface area (TPSA) is 55.6 Å². The number of anilines is 1. The number of nitrogens with zero attached hydrogens (tertiary/aromatic N) is 2. The highest BCUT2D eigenvalue weighted by Crippen LogP contribution is 2.33. The number of benzene rings is 2. The van der Waals surface area contributed by atoms with Crippen molar-refractivity contribution in [2.75, 3.05) is 11.9 Å². The number of fused-ring (bicyclic) bond motifs is 1. The van der Waals surface area contributed by atoms with Crippen LogP contribution in [0.2, 0.25) is 5.02 Å². The first kappa shape index (κ1) is 18.8. The third kappa shape index (κ3) is 3.70. The van der Waals surface area contributed by atoms with Crippen LogP contribution in [0.25, 0.3) is 11.3 Å². The summed E-state index contributed by atoms with van der Waals surface area (Å²) in [5.74, 6) is 0.558. The Hall–Kier alpha value is -2.57. The van der Waals surface area contributed by atoms with Crippen molar-refractivity contribution in [3.8, 4) is 17.0 Å². The molecular formula is C21H20ClN3O2S. The number of carbonyl (C=O) groups excluding carboxylic acids is 1. The molecule has 0 spiro atoms. The second-order valence-corrected chi connectivity index (χ2v) is 7.89. The van der Waals surface area contributed by atoms with E-state index in [1.807, 2.05) is 43.3 Å². The zero-order chi connectivity index (χ0) is 19.7. The standard InChI is InChI=1S/C21H20ClN3O2S/c1-3-8-25-18(14-5-7-19-17(9-14)24-20(26)11-27-19)12-28-21(25)23-15-6-4-13(2)16(22)10-15/h4-7,9-10,12H,3,8,11H2,1-2H3,(H,24,26). The molecule has 5 nitrogen and oxygen atoms in total. The third-order valence-corrected chi connectivity index (χ3v) is 5.80. The maximum absolute atomic E-state index is 11.6. The Morgan fingerprint density at radius 3 is 2.93 bits per heavy atom. The summed E-state index contributed by atoms with van der Waals surface area (Å²) in [6.07, 6.45) is 0.983. The first-order chi connectivity index (χ1) is 13.5. The van der Waals surface area contributed by atoms with Crippen molar-refractivity contribution in [2.24, 2.45) is 4.99 Å². The Labute approximate surface area is 172 Å². The van der Waals surface area contributed by atoms with Crippen molar-refractivity contribution in [1.82, 2.24) is 4.57 Å². The van der Waals surface area contributed by atoms with E-state index in [1.165, 1.54) is 0 Å². The van der Waals surface area contributed by atoms with Crippen LogP contribution in [0.5, 0.6) is 5.75 Å². The van der Waals surface area contributed by atoms with Crippen molar-refractivity contribution >= 4 is 40.2 Å². The first-order valence-corrected chi connectivity index (χ1v) is 10.4. The minimum atomic E-state index is -0.136. The van der Waals surface area contributed by atoms with Crippen LogP contribution in [0.1, 0.15) is 18.9 Å². The zero-order valence-corrected chi connectivity index (χ0v) is 17.2. The second-order valence-electron chi connectivity index (χ2n) is 6.65. The number of ether oxygens (including phenoxy) is 1. The molecule has 1 aromatic heterocycles. The van der Waals surface area contributed by atoms with Crippen LogP contribution in [0.15, 0.2) is 46.8 Å². The molecule has 144 valence electrons. The van der Waals surface area contributed by atoms with Crippen molar-refractivity contribution in [3.05, 3.63) is 57.2 Å². The van der Waals surface area contributed by atoms with E-state index in [0.717, 1.165) is 40.3 Å². The van der Waals surface area contributed by atoms with Gasteiger partial charge in [0, 0.05) is 22.5 Å². The Balaban J connectivity index is 1.79. The van der Waals surface area contributed by atoms with Crippen LogP contribution >= 0.6 is 22.9 Å². The molecule has 0 saturated heterocycles. The average Bonchev–Trinajstić information content (AvgIpc) is 3.07. The summed E-state index contributed by atoms with van der Waals surface area (Å²) in [7, 11) is 0. The van der Waals surface area contributed by atoms with Gasteiger partial charge in [0.1, 0.15) is 5.75 Å². The smallest absolute Gasteiger partial charge is 0.262 e. The molecule has 28 heavy (non-hydrogen) atoms. The predicted octanol–water partition coefficient (Wildman–Crippen LogP) is 5.15. The highest BCUT2D eigenvalue weighted by atomic mass is 35.5. The predicted molar refractivity (Wildman–Crippen MR) is 114 cm³/mol. The molecule has 1 amide bonds. The summed E-state index contributed by atoms with van der Waals surface area (Å²) in [5.41, 5.74) is 4.64. The summed E-state index contributed by atoms with van der Waals surface area (Å²) in [4.78, 5) is 17.4. The number of carbonyl (C=O) groups is 1. The first-order valence-electron chi connectivity index (χ1n) is 9.11. The van der Waals surface area contributed by atoms with Gasteiger partial charge in [-0.2, -0.15) is 0 Å². The lowest BCUT2D eigenvalue weighted by Crippen LogP contribution is -2.25. The molecule has 0 fully saturated rings. The maximum Gasteiger partial charge on any atom is 0.262 e. The van der Waals surface area contributed by atoms with Crippen LogP contribution in [0, 0.1) is 6.92 Å². The molecule has 7 heteroatoms. The molecule has 0 unspecified atom stereocenters. The largest absolute Gasteiger partial charge is 0.482 e. The van der Waals surface area contributed by atoms with Gasteiger partial charge >= 0.3 is 0 Å². The van der Waals surface area contributed by atoms with Gasteiger partial charge in [0.05, 0.1) is 17.1 Å². The van der Waals surface area contributed by atoms with E-state index in [1.54, 1.807) is 11.3 Å². The van der Waals surface area contributed by atoms with Crippen molar-refractivity contribution in [2.45, 2.75) is 26.8 Å². The number of aromatic nitrogens is 1. The van der Waals surface area contributed by atoms with Gasteiger partial charge < -0.3 is 14.6 Å². The SMILES string of the molecule is CCCn1c(-c2ccc3c(c2)NC(=O)CO3)csc1=Nc1ccc(C)c(Cl)c1. The molecule has 1 aliphatic heterocycles. The lowest BCUT2D eigenvalue weighted by atomic mass is 10.1. The number of hydrogen-bond acceptors (Lipinski definition) is 4. The fraction of sp³-hybridized carbons (Fsp3) is 0.238. The van der Waals surface area contributed by atoms with E-state index < -0.39 is 0 Å². The van der Waals surface area contributed by atoms with E-state index in [-0.39, 0.29) is 12.5 Å². The van der Waals surface area contributed by atoms with Crippen molar-refractivity contribution in [3.63, 3.8) is 0 Å². The van der Waals surface area contributed by atoms with E-state index in [2.05, 4.69) is 22.2 Å².